The van der Waals surface area contributed by atoms with E-state index in [9.17, 15) is 13.2 Å². The second kappa shape index (κ2) is 8.45. The number of hydrogen-bond acceptors (Lipinski definition) is 4. The predicted molar refractivity (Wildman–Crippen MR) is 104 cm³/mol. The quantitative estimate of drug-likeness (QED) is 0.742. The first-order valence-corrected chi connectivity index (χ1v) is 11.2. The lowest BCUT2D eigenvalue weighted by atomic mass is 10.2. The minimum Gasteiger partial charge on any atom is -0.364 e. The summed E-state index contributed by atoms with van der Waals surface area (Å²) in [6.07, 6.45) is 1.95. The molecule has 1 aromatic carbocycles. The maximum absolute atomic E-state index is 12.7. The van der Waals surface area contributed by atoms with E-state index in [0.717, 1.165) is 30.8 Å². The number of ether oxygens (including phenoxy) is 1. The molecule has 27 heavy (non-hydrogen) atoms. The van der Waals surface area contributed by atoms with Gasteiger partial charge in [0.1, 0.15) is 25.3 Å². The molecule has 1 amide bonds. The number of quaternary nitrogens is 1. The number of benzene rings is 1. The molecular weight excluding hydrogens is 390 g/mol. The first-order valence-electron chi connectivity index (χ1n) is 9.34. The van der Waals surface area contributed by atoms with Gasteiger partial charge in [0.05, 0.1) is 15.6 Å². The summed E-state index contributed by atoms with van der Waals surface area (Å²) >= 11 is 6.19. The number of carbonyl (C=O) groups is 1. The van der Waals surface area contributed by atoms with Crippen molar-refractivity contribution in [1.29, 1.82) is 0 Å². The summed E-state index contributed by atoms with van der Waals surface area (Å²) in [5.74, 6) is -0.191. The summed E-state index contributed by atoms with van der Waals surface area (Å²) in [4.78, 5) is 13.8. The Balaban J connectivity index is 1.70. The average molecular weight is 417 g/mol. The third-order valence-electron chi connectivity index (χ3n) is 4.94. The fourth-order valence-electron chi connectivity index (χ4n) is 3.79. The standard InChI is InChI=1S/C18H26ClN3O4S/c1-13-10-21(11-14(2)26-13)12-18(23)20-17-9-15(5-6-16(17)19)27(24,25)22-7-3-4-8-22/h5-6,9,13-14H,3-4,7-8,10-12H2,1-2H3,(H,20,23)/p+1/t13-,14-/m1/s1. The van der Waals surface area contributed by atoms with Crippen molar-refractivity contribution in [1.82, 2.24) is 4.31 Å². The van der Waals surface area contributed by atoms with Gasteiger partial charge in [-0.2, -0.15) is 4.31 Å². The maximum atomic E-state index is 12.7. The maximum Gasteiger partial charge on any atom is 0.279 e. The fraction of sp³-hybridized carbons (Fsp3) is 0.611. The molecule has 0 aromatic heterocycles. The lowest BCUT2D eigenvalue weighted by Crippen LogP contribution is -3.16. The van der Waals surface area contributed by atoms with Gasteiger partial charge in [-0.1, -0.05) is 11.6 Å². The highest BCUT2D eigenvalue weighted by Crippen LogP contribution is 2.28. The molecule has 0 spiro atoms. The second-order valence-corrected chi connectivity index (χ2v) is 9.74. The van der Waals surface area contributed by atoms with Gasteiger partial charge in [-0.05, 0) is 44.9 Å². The fourth-order valence-corrected chi connectivity index (χ4v) is 5.50. The van der Waals surface area contributed by atoms with E-state index in [4.69, 9.17) is 16.3 Å². The zero-order chi connectivity index (χ0) is 19.6. The lowest BCUT2D eigenvalue weighted by molar-refractivity contribution is -0.907. The van der Waals surface area contributed by atoms with Gasteiger partial charge in [-0.25, -0.2) is 8.42 Å². The molecule has 2 saturated heterocycles. The minimum absolute atomic E-state index is 0.106. The topological polar surface area (TPSA) is 80.2 Å². The van der Waals surface area contributed by atoms with Gasteiger partial charge in [-0.15, -0.1) is 0 Å². The van der Waals surface area contributed by atoms with E-state index in [-0.39, 0.29) is 29.6 Å². The molecule has 0 radical (unpaired) electrons. The third kappa shape index (κ3) is 5.00. The molecular formula is C18H27ClN3O4S+. The molecule has 2 atom stereocenters. The van der Waals surface area contributed by atoms with Crippen LogP contribution in [0.1, 0.15) is 26.7 Å². The first kappa shape index (κ1) is 20.5. The third-order valence-corrected chi connectivity index (χ3v) is 7.17. The smallest absolute Gasteiger partial charge is 0.279 e. The molecule has 2 fully saturated rings. The first-order chi connectivity index (χ1) is 12.8. The number of nitrogens with zero attached hydrogens (tertiary/aromatic N) is 1. The number of hydrogen-bond donors (Lipinski definition) is 2. The second-order valence-electron chi connectivity index (χ2n) is 7.39. The number of amides is 1. The average Bonchev–Trinajstić information content (AvgIpc) is 3.11. The van der Waals surface area contributed by atoms with Gasteiger partial charge in [0.2, 0.25) is 10.0 Å². The Bertz CT molecular complexity index is 786. The molecule has 7 nitrogen and oxygen atoms in total. The zero-order valence-corrected chi connectivity index (χ0v) is 17.3. The number of nitrogens with one attached hydrogen (secondary N) is 2. The molecule has 0 unspecified atom stereocenters. The summed E-state index contributed by atoms with van der Waals surface area (Å²) in [6, 6.07) is 4.46. The van der Waals surface area contributed by atoms with Crippen LogP contribution in [0.3, 0.4) is 0 Å². The van der Waals surface area contributed by atoms with Crippen LogP contribution in [-0.2, 0) is 19.6 Å². The normalized spacial score (nSPS) is 26.9. The molecule has 3 rings (SSSR count). The van der Waals surface area contributed by atoms with Crippen molar-refractivity contribution in [3.8, 4) is 0 Å². The number of sulfonamides is 1. The molecule has 1 aromatic rings. The van der Waals surface area contributed by atoms with Crippen LogP contribution in [0.5, 0.6) is 0 Å². The Morgan fingerprint density at radius 3 is 2.52 bits per heavy atom. The van der Waals surface area contributed by atoms with E-state index in [0.29, 0.717) is 23.8 Å². The summed E-state index contributed by atoms with van der Waals surface area (Å²) in [5.41, 5.74) is 0.329. The monoisotopic (exact) mass is 416 g/mol. The molecule has 2 heterocycles. The van der Waals surface area contributed by atoms with Crippen molar-refractivity contribution in [2.45, 2.75) is 43.8 Å². The van der Waals surface area contributed by atoms with Gasteiger partial charge in [0, 0.05) is 13.1 Å². The van der Waals surface area contributed by atoms with Gasteiger partial charge in [-0.3, -0.25) is 4.79 Å². The van der Waals surface area contributed by atoms with E-state index >= 15 is 0 Å². The van der Waals surface area contributed by atoms with E-state index in [1.165, 1.54) is 22.5 Å². The number of halogens is 1. The van der Waals surface area contributed by atoms with Crippen LogP contribution in [-0.4, -0.2) is 63.6 Å². The molecule has 0 bridgehead atoms. The van der Waals surface area contributed by atoms with Crippen molar-refractivity contribution in [2.24, 2.45) is 0 Å². The van der Waals surface area contributed by atoms with Crippen LogP contribution in [0.15, 0.2) is 23.1 Å². The van der Waals surface area contributed by atoms with Crippen molar-refractivity contribution >= 4 is 33.2 Å². The summed E-state index contributed by atoms with van der Waals surface area (Å²) in [5, 5.41) is 3.10. The lowest BCUT2D eigenvalue weighted by Gasteiger charge is -2.31. The summed E-state index contributed by atoms with van der Waals surface area (Å²) in [6.45, 7) is 6.86. The number of rotatable bonds is 5. The Labute approximate surface area is 165 Å². The molecule has 2 aliphatic heterocycles. The summed E-state index contributed by atoms with van der Waals surface area (Å²) < 4.78 is 32.6. The highest BCUT2D eigenvalue weighted by molar-refractivity contribution is 7.89. The minimum atomic E-state index is -3.55. The zero-order valence-electron chi connectivity index (χ0n) is 15.7. The molecule has 150 valence electrons. The predicted octanol–water partition coefficient (Wildman–Crippen LogP) is 0.755. The van der Waals surface area contributed by atoms with Crippen LogP contribution in [0.2, 0.25) is 5.02 Å². The molecule has 0 aliphatic carbocycles. The highest BCUT2D eigenvalue weighted by atomic mass is 35.5. The summed E-state index contributed by atoms with van der Waals surface area (Å²) in [7, 11) is -3.55. The van der Waals surface area contributed by atoms with Crippen LogP contribution in [0, 0.1) is 0 Å². The van der Waals surface area contributed by atoms with Crippen molar-refractivity contribution in [3.05, 3.63) is 23.2 Å². The number of anilines is 1. The van der Waals surface area contributed by atoms with Gasteiger partial charge < -0.3 is 15.0 Å². The van der Waals surface area contributed by atoms with Gasteiger partial charge in [0.25, 0.3) is 5.91 Å². The number of morpholine rings is 1. The highest BCUT2D eigenvalue weighted by Gasteiger charge is 2.29. The Kier molecular flexibility index (Phi) is 6.43. The molecule has 0 saturated carbocycles. The SMILES string of the molecule is C[C@@H]1C[NH+](CC(=O)Nc2cc(S(=O)(=O)N3CCCC3)ccc2Cl)C[C@@H](C)O1. The van der Waals surface area contributed by atoms with Crippen molar-refractivity contribution < 1.29 is 22.8 Å². The van der Waals surface area contributed by atoms with E-state index in [1.807, 2.05) is 13.8 Å². The molecule has 9 heteroatoms. The van der Waals surface area contributed by atoms with Gasteiger partial charge >= 0.3 is 0 Å². The van der Waals surface area contributed by atoms with E-state index in [1.54, 1.807) is 0 Å². The van der Waals surface area contributed by atoms with Crippen LogP contribution in [0.25, 0.3) is 0 Å². The van der Waals surface area contributed by atoms with Crippen molar-refractivity contribution in [2.75, 3.05) is 38.0 Å². The molecule has 2 N–H and O–H groups in total. The Morgan fingerprint density at radius 2 is 1.89 bits per heavy atom. The van der Waals surface area contributed by atoms with E-state index < -0.39 is 10.0 Å². The van der Waals surface area contributed by atoms with Crippen LogP contribution in [0.4, 0.5) is 5.69 Å². The van der Waals surface area contributed by atoms with Crippen molar-refractivity contribution in [3.63, 3.8) is 0 Å². The number of carbonyl (C=O) groups excluding carboxylic acids is 1. The van der Waals surface area contributed by atoms with Crippen LogP contribution >= 0.6 is 11.6 Å². The largest absolute Gasteiger partial charge is 0.364 e. The van der Waals surface area contributed by atoms with Crippen LogP contribution < -0.4 is 10.2 Å². The molecule has 2 aliphatic rings. The van der Waals surface area contributed by atoms with Gasteiger partial charge in [0.15, 0.2) is 6.54 Å². The Morgan fingerprint density at radius 1 is 1.26 bits per heavy atom. The Hall–Kier alpha value is -1.19. The van der Waals surface area contributed by atoms with E-state index in [2.05, 4.69) is 5.32 Å².